The predicted molar refractivity (Wildman–Crippen MR) is 135 cm³/mol. The minimum absolute atomic E-state index is 0.0755. The van der Waals surface area contributed by atoms with Crippen LogP contribution in [0.5, 0.6) is 0 Å². The lowest BCUT2D eigenvalue weighted by molar-refractivity contribution is -0.145. The number of rotatable bonds is 23. The maximum Gasteiger partial charge on any atom is 0.305 e. The van der Waals surface area contributed by atoms with Crippen LogP contribution in [0.2, 0.25) is 0 Å². The van der Waals surface area contributed by atoms with E-state index in [1.54, 1.807) is 0 Å². The molecule has 0 fully saturated rings. The Morgan fingerprint density at radius 1 is 0.469 bits per heavy atom. The summed E-state index contributed by atoms with van der Waals surface area (Å²) in [6.45, 7) is 10.2. The second kappa shape index (κ2) is 23.1. The van der Waals surface area contributed by atoms with E-state index < -0.39 is 0 Å². The Bertz CT molecular complexity index is 391. The normalized spacial score (nSPS) is 11.3. The molecule has 0 amide bonds. The van der Waals surface area contributed by atoms with Crippen molar-refractivity contribution in [2.45, 2.75) is 143 Å². The van der Waals surface area contributed by atoms with Crippen LogP contribution in [-0.4, -0.2) is 25.2 Å². The first kappa shape index (κ1) is 30.9. The van der Waals surface area contributed by atoms with Gasteiger partial charge in [0.1, 0.15) is 0 Å². The van der Waals surface area contributed by atoms with E-state index in [0.717, 1.165) is 63.2 Å². The zero-order valence-corrected chi connectivity index (χ0v) is 21.9. The Hall–Kier alpha value is -1.06. The molecule has 0 atom stereocenters. The number of unbranched alkanes of at least 4 members (excludes halogenated alkanes) is 11. The molecule has 0 heterocycles. The van der Waals surface area contributed by atoms with Gasteiger partial charge in [0.25, 0.3) is 0 Å². The molecule has 0 bridgehead atoms. The topological polar surface area (TPSA) is 52.6 Å². The van der Waals surface area contributed by atoms with Gasteiger partial charge in [-0.1, -0.05) is 105 Å². The second-order valence-electron chi connectivity index (χ2n) is 10.3. The monoisotopic (exact) mass is 454 g/mol. The molecule has 0 saturated heterocycles. The molecule has 0 aliphatic carbocycles. The fourth-order valence-corrected chi connectivity index (χ4v) is 3.78. The molecule has 0 unspecified atom stereocenters. The molecule has 190 valence electrons. The minimum atomic E-state index is -0.0755. The molecule has 0 N–H and O–H groups in total. The Labute approximate surface area is 199 Å². The summed E-state index contributed by atoms with van der Waals surface area (Å²) in [5.74, 6) is 1.45. The summed E-state index contributed by atoms with van der Waals surface area (Å²) < 4.78 is 10.6. The zero-order valence-electron chi connectivity index (χ0n) is 21.9. The summed E-state index contributed by atoms with van der Waals surface area (Å²) in [4.78, 5) is 23.5. The fourth-order valence-electron chi connectivity index (χ4n) is 3.78. The van der Waals surface area contributed by atoms with Gasteiger partial charge in [0.2, 0.25) is 0 Å². The lowest BCUT2D eigenvalue weighted by atomic mass is 10.0. The second-order valence-corrected chi connectivity index (χ2v) is 10.3. The van der Waals surface area contributed by atoms with Crippen molar-refractivity contribution in [3.63, 3.8) is 0 Å². The van der Waals surface area contributed by atoms with Crippen molar-refractivity contribution in [1.29, 1.82) is 0 Å². The lowest BCUT2D eigenvalue weighted by Crippen LogP contribution is -2.06. The molecule has 4 heteroatoms. The van der Waals surface area contributed by atoms with Gasteiger partial charge >= 0.3 is 11.9 Å². The highest BCUT2D eigenvalue weighted by Crippen LogP contribution is 2.12. The van der Waals surface area contributed by atoms with Gasteiger partial charge in [-0.25, -0.2) is 0 Å². The van der Waals surface area contributed by atoms with E-state index in [-0.39, 0.29) is 11.9 Å². The summed E-state index contributed by atoms with van der Waals surface area (Å²) in [5.41, 5.74) is 0. The van der Waals surface area contributed by atoms with E-state index >= 15 is 0 Å². The number of ether oxygens (including phenoxy) is 2. The number of carbonyl (C=O) groups excluding carboxylic acids is 2. The van der Waals surface area contributed by atoms with E-state index in [0.29, 0.717) is 26.1 Å². The smallest absolute Gasteiger partial charge is 0.305 e. The standard InChI is InChI=1S/C28H54O4/c1-25(2)19-13-7-5-11-17-23-31-27(29)21-15-9-10-16-22-28(30)32-24-18-12-6-8-14-20-26(3)4/h25-26H,5-24H2,1-4H3. The molecule has 0 saturated carbocycles. The summed E-state index contributed by atoms with van der Waals surface area (Å²) >= 11 is 0. The van der Waals surface area contributed by atoms with Crippen LogP contribution in [0, 0.1) is 11.8 Å². The Balaban J connectivity index is 3.30. The van der Waals surface area contributed by atoms with E-state index in [4.69, 9.17) is 9.47 Å². The molecule has 0 aromatic carbocycles. The Morgan fingerprint density at radius 3 is 1.16 bits per heavy atom. The van der Waals surface area contributed by atoms with Crippen LogP contribution in [0.25, 0.3) is 0 Å². The summed E-state index contributed by atoms with van der Waals surface area (Å²) in [6.07, 6.45) is 19.2. The number of carbonyl (C=O) groups is 2. The SMILES string of the molecule is CC(C)CCCCCCCOC(=O)CCCCCCC(=O)OCCCCCCCC(C)C. The van der Waals surface area contributed by atoms with Gasteiger partial charge in [0, 0.05) is 12.8 Å². The van der Waals surface area contributed by atoms with Crippen LogP contribution in [-0.2, 0) is 19.1 Å². The molecule has 0 aromatic heterocycles. The maximum atomic E-state index is 11.8. The van der Waals surface area contributed by atoms with E-state index in [9.17, 15) is 9.59 Å². The highest BCUT2D eigenvalue weighted by molar-refractivity contribution is 5.69. The third-order valence-corrected chi connectivity index (χ3v) is 5.89. The molecule has 0 aliphatic heterocycles. The Morgan fingerprint density at radius 2 is 0.781 bits per heavy atom. The fraction of sp³-hybridized carbons (Fsp3) is 0.929. The summed E-state index contributed by atoms with van der Waals surface area (Å²) in [7, 11) is 0. The van der Waals surface area contributed by atoms with Crippen LogP contribution < -0.4 is 0 Å². The minimum Gasteiger partial charge on any atom is -0.466 e. The molecule has 0 radical (unpaired) electrons. The maximum absolute atomic E-state index is 11.8. The zero-order chi connectivity index (χ0) is 23.9. The van der Waals surface area contributed by atoms with Gasteiger partial charge < -0.3 is 9.47 Å². The van der Waals surface area contributed by atoms with Crippen LogP contribution in [0.15, 0.2) is 0 Å². The van der Waals surface area contributed by atoms with Crippen molar-refractivity contribution >= 4 is 11.9 Å². The van der Waals surface area contributed by atoms with Gasteiger partial charge in [0.15, 0.2) is 0 Å². The summed E-state index contributed by atoms with van der Waals surface area (Å²) in [6, 6.07) is 0. The highest BCUT2D eigenvalue weighted by Gasteiger charge is 2.05. The highest BCUT2D eigenvalue weighted by atomic mass is 16.5. The van der Waals surface area contributed by atoms with Gasteiger partial charge in [-0.3, -0.25) is 9.59 Å². The van der Waals surface area contributed by atoms with Crippen molar-refractivity contribution in [2.24, 2.45) is 11.8 Å². The third-order valence-electron chi connectivity index (χ3n) is 5.89. The van der Waals surface area contributed by atoms with Crippen molar-refractivity contribution in [3.05, 3.63) is 0 Å². The van der Waals surface area contributed by atoms with Crippen molar-refractivity contribution < 1.29 is 19.1 Å². The molecule has 0 aliphatic rings. The first-order chi connectivity index (χ1) is 15.4. The third kappa shape index (κ3) is 25.2. The van der Waals surface area contributed by atoms with Crippen LogP contribution in [0.4, 0.5) is 0 Å². The molecule has 0 spiro atoms. The first-order valence-electron chi connectivity index (χ1n) is 13.7. The lowest BCUT2D eigenvalue weighted by Gasteiger charge is -2.07. The van der Waals surface area contributed by atoms with Crippen LogP contribution >= 0.6 is 0 Å². The average Bonchev–Trinajstić information content (AvgIpc) is 2.73. The average molecular weight is 455 g/mol. The van der Waals surface area contributed by atoms with Gasteiger partial charge in [0.05, 0.1) is 13.2 Å². The molecule has 0 rings (SSSR count). The number of hydrogen-bond acceptors (Lipinski definition) is 4. The van der Waals surface area contributed by atoms with Gasteiger partial charge in [-0.05, 0) is 37.5 Å². The van der Waals surface area contributed by atoms with Crippen molar-refractivity contribution in [1.82, 2.24) is 0 Å². The van der Waals surface area contributed by atoms with Crippen LogP contribution in [0.1, 0.15) is 143 Å². The molecular formula is C28H54O4. The summed E-state index contributed by atoms with van der Waals surface area (Å²) in [5, 5.41) is 0. The molecule has 4 nitrogen and oxygen atoms in total. The van der Waals surface area contributed by atoms with Crippen molar-refractivity contribution in [3.8, 4) is 0 Å². The van der Waals surface area contributed by atoms with E-state index in [2.05, 4.69) is 27.7 Å². The quantitative estimate of drug-likeness (QED) is 0.115. The largest absolute Gasteiger partial charge is 0.466 e. The van der Waals surface area contributed by atoms with E-state index in [1.807, 2.05) is 0 Å². The Kier molecular flexibility index (Phi) is 22.3. The first-order valence-corrected chi connectivity index (χ1v) is 13.7. The van der Waals surface area contributed by atoms with Crippen LogP contribution in [0.3, 0.4) is 0 Å². The molecular weight excluding hydrogens is 400 g/mol. The van der Waals surface area contributed by atoms with Gasteiger partial charge in [-0.15, -0.1) is 0 Å². The predicted octanol–water partition coefficient (Wildman–Crippen LogP) is 8.41. The van der Waals surface area contributed by atoms with Crippen molar-refractivity contribution in [2.75, 3.05) is 13.2 Å². The molecule has 32 heavy (non-hydrogen) atoms. The number of esters is 2. The number of hydrogen-bond donors (Lipinski definition) is 0. The van der Waals surface area contributed by atoms with Gasteiger partial charge in [-0.2, -0.15) is 0 Å². The molecule has 0 aromatic rings. The van der Waals surface area contributed by atoms with E-state index in [1.165, 1.54) is 51.4 Å².